The summed E-state index contributed by atoms with van der Waals surface area (Å²) in [6.07, 6.45) is 8.21. The Morgan fingerprint density at radius 2 is 1.57 bits per heavy atom. The van der Waals surface area contributed by atoms with Crippen LogP contribution in [-0.4, -0.2) is 33.5 Å². The Bertz CT molecular complexity index is 539. The molecular weight excluding hydrogens is 352 g/mol. The van der Waals surface area contributed by atoms with Crippen LogP contribution in [0.4, 0.5) is 0 Å². The van der Waals surface area contributed by atoms with Gasteiger partial charge in [0.2, 0.25) is 0 Å². The highest BCUT2D eigenvalue weighted by molar-refractivity contribution is 5.89. The smallest absolute Gasteiger partial charge is 0.335 e. The summed E-state index contributed by atoms with van der Waals surface area (Å²) in [6, 6.07) is 5.67. The molecule has 4 heteroatoms. The third-order valence-corrected chi connectivity index (χ3v) is 5.25. The van der Waals surface area contributed by atoms with Crippen LogP contribution in [0.3, 0.4) is 0 Å². The van der Waals surface area contributed by atoms with E-state index in [2.05, 4.69) is 19.9 Å². The summed E-state index contributed by atoms with van der Waals surface area (Å²) in [5.41, 5.74) is 2.77. The first-order chi connectivity index (χ1) is 13.3. The summed E-state index contributed by atoms with van der Waals surface area (Å²) in [6.45, 7) is 10.1. The van der Waals surface area contributed by atoms with Crippen molar-refractivity contribution in [1.82, 2.24) is 0 Å². The molecule has 3 N–H and O–H groups in total. The van der Waals surface area contributed by atoms with Crippen molar-refractivity contribution < 1.29 is 20.1 Å². The van der Waals surface area contributed by atoms with E-state index < -0.39 is 5.97 Å². The molecule has 0 saturated heterocycles. The van der Waals surface area contributed by atoms with Gasteiger partial charge in [0, 0.05) is 5.92 Å². The van der Waals surface area contributed by atoms with Gasteiger partial charge >= 0.3 is 5.97 Å². The number of hydrogen-bond acceptors (Lipinski definition) is 3. The largest absolute Gasteiger partial charge is 0.478 e. The fourth-order valence-corrected chi connectivity index (χ4v) is 3.53. The number of hydrogen-bond donors (Lipinski definition) is 3. The standard InChI is InChI=1S/C15H22O2.C9H20O2/c1-3-5-8-12-9-7-11-14(15(16)17)13(12)10-6-4-2;1-4-6-9(11)8(5-2)7(3)10/h7,9,11H,3-6,8,10H2,1-2H3,(H,16,17);7-11H,4-6H2,1-3H3. The van der Waals surface area contributed by atoms with Crippen molar-refractivity contribution in [3.8, 4) is 0 Å². The van der Waals surface area contributed by atoms with E-state index in [9.17, 15) is 20.1 Å². The summed E-state index contributed by atoms with van der Waals surface area (Å²) in [4.78, 5) is 11.2. The first-order valence-corrected chi connectivity index (χ1v) is 11.0. The Morgan fingerprint density at radius 1 is 0.964 bits per heavy atom. The molecule has 4 nitrogen and oxygen atoms in total. The van der Waals surface area contributed by atoms with Crippen molar-refractivity contribution in [2.45, 2.75) is 105 Å². The predicted molar refractivity (Wildman–Crippen MR) is 117 cm³/mol. The van der Waals surface area contributed by atoms with Crippen LogP contribution in [-0.2, 0) is 12.8 Å². The van der Waals surface area contributed by atoms with E-state index in [0.29, 0.717) is 5.56 Å². The van der Waals surface area contributed by atoms with Crippen LogP contribution in [0.25, 0.3) is 0 Å². The predicted octanol–water partition coefficient (Wildman–Crippen LogP) is 5.62. The Balaban J connectivity index is 0.000000576. The van der Waals surface area contributed by atoms with Gasteiger partial charge in [0.1, 0.15) is 0 Å². The minimum Gasteiger partial charge on any atom is -0.478 e. The van der Waals surface area contributed by atoms with Gasteiger partial charge in [-0.25, -0.2) is 4.79 Å². The number of aryl methyl sites for hydroxylation is 1. The van der Waals surface area contributed by atoms with E-state index in [1.807, 2.05) is 19.9 Å². The molecule has 0 radical (unpaired) electrons. The summed E-state index contributed by atoms with van der Waals surface area (Å²) in [5.74, 6) is -0.746. The number of benzene rings is 1. The van der Waals surface area contributed by atoms with Crippen molar-refractivity contribution in [3.63, 3.8) is 0 Å². The lowest BCUT2D eigenvalue weighted by Crippen LogP contribution is -2.29. The van der Waals surface area contributed by atoms with Gasteiger partial charge in [-0.2, -0.15) is 0 Å². The zero-order valence-corrected chi connectivity index (χ0v) is 18.6. The van der Waals surface area contributed by atoms with E-state index >= 15 is 0 Å². The van der Waals surface area contributed by atoms with Gasteiger partial charge in [-0.3, -0.25) is 0 Å². The fraction of sp³-hybridized carbons (Fsp3) is 0.708. The fourth-order valence-electron chi connectivity index (χ4n) is 3.53. The second kappa shape index (κ2) is 15.5. The lowest BCUT2D eigenvalue weighted by Gasteiger charge is -2.23. The molecule has 28 heavy (non-hydrogen) atoms. The van der Waals surface area contributed by atoms with E-state index in [1.165, 1.54) is 5.56 Å². The molecule has 0 amide bonds. The van der Waals surface area contributed by atoms with Crippen LogP contribution in [0.5, 0.6) is 0 Å². The summed E-state index contributed by atoms with van der Waals surface area (Å²) < 4.78 is 0. The van der Waals surface area contributed by atoms with Crippen LogP contribution < -0.4 is 0 Å². The maximum atomic E-state index is 11.2. The average Bonchev–Trinajstić information content (AvgIpc) is 2.65. The normalized spacial score (nSPS) is 14.0. The number of aliphatic hydroxyl groups excluding tert-OH is 2. The molecule has 162 valence electrons. The Morgan fingerprint density at radius 3 is 2.04 bits per heavy atom. The minimum atomic E-state index is -0.797. The van der Waals surface area contributed by atoms with Gasteiger partial charge in [-0.15, -0.1) is 0 Å². The van der Waals surface area contributed by atoms with Crippen LogP contribution in [0.2, 0.25) is 0 Å². The number of aliphatic hydroxyl groups is 2. The van der Waals surface area contributed by atoms with Crippen LogP contribution in [0.15, 0.2) is 18.2 Å². The van der Waals surface area contributed by atoms with E-state index in [4.69, 9.17) is 0 Å². The highest BCUT2D eigenvalue weighted by Crippen LogP contribution is 2.20. The highest BCUT2D eigenvalue weighted by Gasteiger charge is 2.20. The zero-order valence-electron chi connectivity index (χ0n) is 18.6. The number of aromatic carboxylic acids is 1. The Hall–Kier alpha value is -1.39. The van der Waals surface area contributed by atoms with Gasteiger partial charge in [0.25, 0.3) is 0 Å². The van der Waals surface area contributed by atoms with Crippen molar-refractivity contribution >= 4 is 5.97 Å². The monoisotopic (exact) mass is 394 g/mol. The molecule has 0 bridgehead atoms. The summed E-state index contributed by atoms with van der Waals surface area (Å²) in [7, 11) is 0. The van der Waals surface area contributed by atoms with Gasteiger partial charge in [-0.05, 0) is 62.6 Å². The molecule has 0 heterocycles. The molecular formula is C24H42O4. The maximum Gasteiger partial charge on any atom is 0.335 e. The van der Waals surface area contributed by atoms with Gasteiger partial charge in [0.05, 0.1) is 17.8 Å². The molecule has 0 saturated carbocycles. The number of unbranched alkanes of at least 4 members (excludes halogenated alkanes) is 2. The van der Waals surface area contributed by atoms with Crippen molar-refractivity contribution in [3.05, 3.63) is 34.9 Å². The first-order valence-electron chi connectivity index (χ1n) is 11.0. The lowest BCUT2D eigenvalue weighted by atomic mass is 9.91. The van der Waals surface area contributed by atoms with Crippen LogP contribution in [0.1, 0.15) is 101 Å². The number of carboxylic acids is 1. The molecule has 0 aliphatic heterocycles. The average molecular weight is 395 g/mol. The van der Waals surface area contributed by atoms with Crippen molar-refractivity contribution in [2.24, 2.45) is 5.92 Å². The molecule has 3 unspecified atom stereocenters. The quantitative estimate of drug-likeness (QED) is 0.430. The Kier molecular flexibility index (Phi) is 14.8. The number of carbonyl (C=O) groups is 1. The highest BCUT2D eigenvalue weighted by atomic mass is 16.4. The lowest BCUT2D eigenvalue weighted by molar-refractivity contribution is 0.0151. The van der Waals surface area contributed by atoms with Gasteiger partial charge < -0.3 is 15.3 Å². The third kappa shape index (κ3) is 9.70. The molecule has 0 fully saturated rings. The van der Waals surface area contributed by atoms with Crippen LogP contribution in [0, 0.1) is 5.92 Å². The summed E-state index contributed by atoms with van der Waals surface area (Å²) in [5, 5.41) is 28.0. The van der Waals surface area contributed by atoms with Gasteiger partial charge in [-0.1, -0.05) is 59.1 Å². The topological polar surface area (TPSA) is 77.8 Å². The molecule has 1 aromatic carbocycles. The number of rotatable bonds is 12. The van der Waals surface area contributed by atoms with E-state index in [0.717, 1.165) is 63.4 Å². The zero-order chi connectivity index (χ0) is 21.5. The first kappa shape index (κ1) is 26.6. The maximum absolute atomic E-state index is 11.2. The molecule has 1 rings (SSSR count). The third-order valence-electron chi connectivity index (χ3n) is 5.25. The van der Waals surface area contributed by atoms with Crippen molar-refractivity contribution in [2.75, 3.05) is 0 Å². The van der Waals surface area contributed by atoms with E-state index in [1.54, 1.807) is 13.0 Å². The molecule has 0 aromatic heterocycles. The SMILES string of the molecule is CCCC(O)C(CC)C(C)O.CCCCc1cccc(C(=O)O)c1CCCC. The summed E-state index contributed by atoms with van der Waals surface area (Å²) >= 11 is 0. The van der Waals surface area contributed by atoms with Crippen molar-refractivity contribution in [1.29, 1.82) is 0 Å². The molecule has 0 aliphatic carbocycles. The molecule has 3 atom stereocenters. The Labute approximate surface area is 172 Å². The molecule has 1 aromatic rings. The minimum absolute atomic E-state index is 0.0509. The molecule has 0 spiro atoms. The molecule has 0 aliphatic rings. The second-order valence-corrected chi connectivity index (χ2v) is 7.62. The van der Waals surface area contributed by atoms with Crippen LogP contribution >= 0.6 is 0 Å². The second-order valence-electron chi connectivity index (χ2n) is 7.62. The number of carboxylic acid groups (broad SMARTS) is 1. The van der Waals surface area contributed by atoms with E-state index in [-0.39, 0.29) is 18.1 Å². The van der Waals surface area contributed by atoms with Gasteiger partial charge in [0.15, 0.2) is 0 Å².